The van der Waals surface area contributed by atoms with Gasteiger partial charge in [0, 0.05) is 25.3 Å². The summed E-state index contributed by atoms with van der Waals surface area (Å²) in [6, 6.07) is 24.6. The third-order valence-electron chi connectivity index (χ3n) is 8.09. The van der Waals surface area contributed by atoms with Gasteiger partial charge in [-0.2, -0.15) is 0 Å². The number of nitrogens with one attached hydrogen (secondary N) is 2. The van der Waals surface area contributed by atoms with Gasteiger partial charge < -0.3 is 29.5 Å². The van der Waals surface area contributed by atoms with Crippen LogP contribution >= 0.6 is 0 Å². The van der Waals surface area contributed by atoms with Crippen LogP contribution in [0.5, 0.6) is 5.75 Å². The number of aryl methyl sites for hydroxylation is 1. The number of ether oxygens (including phenoxy) is 2. The average molecular weight is 595 g/mol. The van der Waals surface area contributed by atoms with Crippen molar-refractivity contribution in [3.8, 4) is 16.9 Å². The summed E-state index contributed by atoms with van der Waals surface area (Å²) in [5.74, 6) is 0.165. The Morgan fingerprint density at radius 1 is 0.977 bits per heavy atom. The van der Waals surface area contributed by atoms with Gasteiger partial charge in [0.15, 0.2) is 5.69 Å². The van der Waals surface area contributed by atoms with Crippen LogP contribution in [-0.2, 0) is 16.1 Å². The molecule has 3 atom stereocenters. The molecule has 10 heteroatoms. The van der Waals surface area contributed by atoms with Crippen LogP contribution < -0.4 is 15.4 Å². The van der Waals surface area contributed by atoms with Crippen LogP contribution in [0.4, 0.5) is 5.69 Å². The van der Waals surface area contributed by atoms with Crippen molar-refractivity contribution < 1.29 is 28.4 Å². The fourth-order valence-corrected chi connectivity index (χ4v) is 5.70. The summed E-state index contributed by atoms with van der Waals surface area (Å²) in [5, 5.41) is 9.49. The van der Waals surface area contributed by atoms with E-state index in [9.17, 15) is 14.4 Å². The maximum Gasteiger partial charge on any atom is 0.277 e. The molecular formula is C34H34N4O6. The molecule has 0 bridgehead atoms. The number of carbonyl (C=O) groups is 3. The molecule has 1 aromatic heterocycles. The molecule has 0 radical (unpaired) electrons. The lowest BCUT2D eigenvalue weighted by Crippen LogP contribution is -2.53. The van der Waals surface area contributed by atoms with Crippen LogP contribution in [0.1, 0.15) is 51.4 Å². The van der Waals surface area contributed by atoms with Crippen LogP contribution in [-0.4, -0.2) is 59.7 Å². The van der Waals surface area contributed by atoms with Crippen LogP contribution in [0.2, 0.25) is 0 Å². The SMILES string of the molecule is Cc1cc(C(=O)Nc2ccc3c(c2)C(=O)N(C)[C@H]2CC[C@H](CC(=O)NCc4ccc(-c5ccccc5)cc4)O[C@H]2CO3)no1. The largest absolute Gasteiger partial charge is 0.490 e. The van der Waals surface area contributed by atoms with Crippen molar-refractivity contribution in [3.05, 3.63) is 101 Å². The summed E-state index contributed by atoms with van der Waals surface area (Å²) in [6.07, 6.45) is 0.877. The topological polar surface area (TPSA) is 123 Å². The van der Waals surface area contributed by atoms with Crippen molar-refractivity contribution in [3.63, 3.8) is 0 Å². The zero-order valence-electron chi connectivity index (χ0n) is 24.6. The molecule has 4 aromatic rings. The highest BCUT2D eigenvalue weighted by Gasteiger charge is 2.39. The van der Waals surface area contributed by atoms with E-state index in [0.717, 1.165) is 16.7 Å². The van der Waals surface area contributed by atoms with E-state index in [2.05, 4.69) is 40.1 Å². The zero-order chi connectivity index (χ0) is 30.6. The molecule has 226 valence electrons. The van der Waals surface area contributed by atoms with E-state index in [1.807, 2.05) is 30.3 Å². The summed E-state index contributed by atoms with van der Waals surface area (Å²) >= 11 is 0. The first-order valence-corrected chi connectivity index (χ1v) is 14.7. The van der Waals surface area contributed by atoms with Gasteiger partial charge >= 0.3 is 0 Å². The Balaban J connectivity index is 1.04. The maximum absolute atomic E-state index is 13.5. The minimum Gasteiger partial charge on any atom is -0.490 e. The van der Waals surface area contributed by atoms with Gasteiger partial charge in [-0.05, 0) is 54.7 Å². The Labute approximate surface area is 255 Å². The highest BCUT2D eigenvalue weighted by atomic mass is 16.5. The highest BCUT2D eigenvalue weighted by Crippen LogP contribution is 2.32. The van der Waals surface area contributed by atoms with E-state index in [4.69, 9.17) is 14.0 Å². The van der Waals surface area contributed by atoms with Crippen molar-refractivity contribution in [2.45, 2.75) is 51.0 Å². The fraction of sp³-hybridized carbons (Fsp3) is 0.294. The van der Waals surface area contributed by atoms with Crippen molar-refractivity contribution in [1.29, 1.82) is 0 Å². The summed E-state index contributed by atoms with van der Waals surface area (Å²) in [6.45, 7) is 2.36. The van der Waals surface area contributed by atoms with Crippen molar-refractivity contribution in [2.24, 2.45) is 0 Å². The fourth-order valence-electron chi connectivity index (χ4n) is 5.70. The van der Waals surface area contributed by atoms with Crippen LogP contribution in [0.3, 0.4) is 0 Å². The third kappa shape index (κ3) is 6.50. The average Bonchev–Trinajstić information content (AvgIpc) is 3.49. The predicted molar refractivity (Wildman–Crippen MR) is 163 cm³/mol. The molecule has 0 saturated carbocycles. The molecule has 3 amide bonds. The first-order valence-electron chi connectivity index (χ1n) is 14.7. The molecule has 0 aliphatic carbocycles. The number of carbonyl (C=O) groups excluding carboxylic acids is 3. The monoisotopic (exact) mass is 594 g/mol. The number of nitrogens with zero attached hydrogens (tertiary/aromatic N) is 2. The Morgan fingerprint density at radius 2 is 1.75 bits per heavy atom. The molecule has 6 rings (SSSR count). The van der Waals surface area contributed by atoms with Gasteiger partial charge in [-0.15, -0.1) is 0 Å². The Hall–Kier alpha value is -4.96. The number of aromatic nitrogens is 1. The second kappa shape index (κ2) is 12.7. The van der Waals surface area contributed by atoms with E-state index >= 15 is 0 Å². The quantitative estimate of drug-likeness (QED) is 0.309. The molecule has 1 saturated heterocycles. The highest BCUT2D eigenvalue weighted by molar-refractivity contribution is 6.04. The van der Waals surface area contributed by atoms with E-state index in [-0.39, 0.29) is 48.8 Å². The van der Waals surface area contributed by atoms with Crippen molar-refractivity contribution in [2.75, 3.05) is 19.0 Å². The molecule has 44 heavy (non-hydrogen) atoms. The van der Waals surface area contributed by atoms with Gasteiger partial charge in [0.2, 0.25) is 5.91 Å². The maximum atomic E-state index is 13.5. The number of likely N-dealkylation sites (N-methyl/N-ethyl adjacent to an activating group) is 1. The van der Waals surface area contributed by atoms with E-state index in [0.29, 0.717) is 42.1 Å². The summed E-state index contributed by atoms with van der Waals surface area (Å²) < 4.78 is 17.3. The normalized spacial score (nSPS) is 19.5. The Morgan fingerprint density at radius 3 is 2.50 bits per heavy atom. The molecule has 2 N–H and O–H groups in total. The first kappa shape index (κ1) is 29.1. The number of hydrogen-bond acceptors (Lipinski definition) is 7. The predicted octanol–water partition coefficient (Wildman–Crippen LogP) is 4.99. The number of hydrogen-bond donors (Lipinski definition) is 2. The number of amides is 3. The smallest absolute Gasteiger partial charge is 0.277 e. The van der Waals surface area contributed by atoms with E-state index in [1.54, 1.807) is 37.1 Å². The third-order valence-corrected chi connectivity index (χ3v) is 8.09. The molecule has 0 spiro atoms. The van der Waals surface area contributed by atoms with Gasteiger partial charge in [0.25, 0.3) is 11.8 Å². The number of fused-ring (bicyclic) bond motifs is 2. The molecule has 2 aliphatic heterocycles. The summed E-state index contributed by atoms with van der Waals surface area (Å²) in [4.78, 5) is 40.5. The van der Waals surface area contributed by atoms with Crippen molar-refractivity contribution >= 4 is 23.4 Å². The molecule has 2 aliphatic rings. The second-order valence-corrected chi connectivity index (χ2v) is 11.2. The van der Waals surface area contributed by atoms with Crippen molar-refractivity contribution in [1.82, 2.24) is 15.4 Å². The molecule has 0 unspecified atom stereocenters. The minimum atomic E-state index is -0.439. The van der Waals surface area contributed by atoms with Crippen LogP contribution in [0, 0.1) is 6.92 Å². The molecule has 1 fully saturated rings. The lowest BCUT2D eigenvalue weighted by atomic mass is 9.94. The molecule has 3 heterocycles. The van der Waals surface area contributed by atoms with E-state index in [1.165, 1.54) is 6.07 Å². The standard InChI is InChI=1S/C34H34N4O6/c1-21-16-28(37-44-21)33(40)36-25-12-15-30-27(17-25)34(41)38(2)29-14-13-26(43-31(29)20-42-30)18-32(39)35-19-22-8-10-24(11-9-22)23-6-4-3-5-7-23/h3-12,15-17,26,29,31H,13-14,18-20H2,1-2H3,(H,35,39)(H,36,40)/t26-,29+,31+/m1/s1. The summed E-state index contributed by atoms with van der Waals surface area (Å²) in [7, 11) is 1.75. The minimum absolute atomic E-state index is 0.0857. The number of rotatable bonds is 7. The number of benzene rings is 3. The number of anilines is 1. The van der Waals surface area contributed by atoms with Gasteiger partial charge in [-0.25, -0.2) is 0 Å². The molecule has 3 aromatic carbocycles. The first-order chi connectivity index (χ1) is 21.3. The van der Waals surface area contributed by atoms with Gasteiger partial charge in [-0.1, -0.05) is 59.8 Å². The molecular weight excluding hydrogens is 560 g/mol. The molecule has 10 nitrogen and oxygen atoms in total. The van der Waals surface area contributed by atoms with Gasteiger partial charge in [0.1, 0.15) is 24.2 Å². The van der Waals surface area contributed by atoms with Gasteiger partial charge in [0.05, 0.1) is 24.1 Å². The zero-order valence-corrected chi connectivity index (χ0v) is 24.6. The van der Waals surface area contributed by atoms with E-state index < -0.39 is 5.91 Å². The summed E-state index contributed by atoms with van der Waals surface area (Å²) in [5.41, 5.74) is 4.23. The second-order valence-electron chi connectivity index (χ2n) is 11.2. The Bertz CT molecular complexity index is 1650. The van der Waals surface area contributed by atoms with Crippen LogP contribution in [0.15, 0.2) is 83.4 Å². The lowest BCUT2D eigenvalue weighted by molar-refractivity contribution is -0.134. The Kier molecular flexibility index (Phi) is 8.42. The van der Waals surface area contributed by atoms with Gasteiger partial charge in [-0.3, -0.25) is 14.4 Å². The van der Waals surface area contributed by atoms with Crippen LogP contribution in [0.25, 0.3) is 11.1 Å². The lowest BCUT2D eigenvalue weighted by Gasteiger charge is -2.42.